The third-order valence-corrected chi connectivity index (χ3v) is 3.38. The maximum absolute atomic E-state index is 4.47. The largest absolute Gasteiger partial charge is 0.336 e. The van der Waals surface area contributed by atoms with Gasteiger partial charge in [0.25, 0.3) is 0 Å². The molecular formula is C14H17BrN2. The Bertz CT molecular complexity index is 518. The Kier molecular flexibility index (Phi) is 3.13. The smallest absolute Gasteiger partial charge is 0.110 e. The summed E-state index contributed by atoms with van der Waals surface area (Å²) >= 11 is 3.49. The highest BCUT2D eigenvalue weighted by Gasteiger charge is 2.14. The summed E-state index contributed by atoms with van der Waals surface area (Å²) in [4.78, 5) is 7.63. The van der Waals surface area contributed by atoms with Gasteiger partial charge in [-0.2, -0.15) is 0 Å². The molecule has 0 saturated carbocycles. The number of aromatic amines is 1. The van der Waals surface area contributed by atoms with Crippen molar-refractivity contribution in [1.29, 1.82) is 0 Å². The molecule has 0 spiro atoms. The summed E-state index contributed by atoms with van der Waals surface area (Å²) in [5.41, 5.74) is 3.64. The minimum atomic E-state index is 0.192. The summed E-state index contributed by atoms with van der Waals surface area (Å²) in [6, 6.07) is 8.60. The fourth-order valence-corrected chi connectivity index (χ4v) is 2.39. The molecule has 17 heavy (non-hydrogen) atoms. The zero-order valence-electron chi connectivity index (χ0n) is 10.6. The highest BCUT2D eigenvalue weighted by Crippen LogP contribution is 2.28. The van der Waals surface area contributed by atoms with Crippen LogP contribution in [0.3, 0.4) is 0 Å². The van der Waals surface area contributed by atoms with Crippen molar-refractivity contribution in [3.8, 4) is 11.3 Å². The number of H-pyrrole nitrogens is 1. The van der Waals surface area contributed by atoms with Gasteiger partial charge in [0.2, 0.25) is 0 Å². The van der Waals surface area contributed by atoms with Crippen molar-refractivity contribution in [2.45, 2.75) is 33.1 Å². The summed E-state index contributed by atoms with van der Waals surface area (Å²) in [6.45, 7) is 8.61. The molecule has 0 bridgehead atoms. The maximum atomic E-state index is 4.47. The number of nitrogens with zero attached hydrogens (tertiary/aromatic N) is 1. The van der Waals surface area contributed by atoms with Crippen LogP contribution in [0.15, 0.2) is 28.9 Å². The quantitative estimate of drug-likeness (QED) is 0.827. The standard InChI is InChI=1S/C14H17BrN2/c1-9-16-12(13(15)17-9)10-5-7-11(8-6-10)14(2,3)4/h5-8H,1-4H3,(H,16,17). The van der Waals surface area contributed by atoms with Gasteiger partial charge in [-0.25, -0.2) is 4.98 Å². The Hall–Kier alpha value is -1.09. The molecule has 1 heterocycles. The number of nitrogens with one attached hydrogen (secondary N) is 1. The summed E-state index contributed by atoms with van der Waals surface area (Å²) < 4.78 is 0.943. The van der Waals surface area contributed by atoms with E-state index in [1.54, 1.807) is 0 Å². The Morgan fingerprint density at radius 1 is 1.12 bits per heavy atom. The third kappa shape index (κ3) is 2.60. The minimum Gasteiger partial charge on any atom is -0.336 e. The molecule has 0 atom stereocenters. The number of benzene rings is 1. The molecule has 90 valence electrons. The topological polar surface area (TPSA) is 28.7 Å². The van der Waals surface area contributed by atoms with Crippen LogP contribution in [0.25, 0.3) is 11.3 Å². The normalized spacial score (nSPS) is 11.8. The lowest BCUT2D eigenvalue weighted by atomic mass is 9.86. The van der Waals surface area contributed by atoms with E-state index in [1.165, 1.54) is 5.56 Å². The Morgan fingerprint density at radius 2 is 1.71 bits per heavy atom. The molecule has 0 unspecified atom stereocenters. The van der Waals surface area contributed by atoms with Gasteiger partial charge in [0.15, 0.2) is 0 Å². The van der Waals surface area contributed by atoms with Gasteiger partial charge in [0.1, 0.15) is 16.1 Å². The van der Waals surface area contributed by atoms with E-state index in [0.29, 0.717) is 0 Å². The molecular weight excluding hydrogens is 276 g/mol. The van der Waals surface area contributed by atoms with E-state index in [2.05, 4.69) is 70.9 Å². The molecule has 1 aromatic carbocycles. The first kappa shape index (κ1) is 12.4. The van der Waals surface area contributed by atoms with Crippen LogP contribution in [0.2, 0.25) is 0 Å². The second-order valence-corrected chi connectivity index (χ2v) is 6.11. The first-order valence-electron chi connectivity index (χ1n) is 5.71. The lowest BCUT2D eigenvalue weighted by molar-refractivity contribution is 0.590. The highest BCUT2D eigenvalue weighted by molar-refractivity contribution is 9.10. The van der Waals surface area contributed by atoms with Gasteiger partial charge in [-0.05, 0) is 33.8 Å². The molecule has 1 N–H and O–H groups in total. The molecule has 2 nitrogen and oxygen atoms in total. The van der Waals surface area contributed by atoms with Crippen molar-refractivity contribution in [2.75, 3.05) is 0 Å². The van der Waals surface area contributed by atoms with Gasteiger partial charge in [-0.15, -0.1) is 0 Å². The van der Waals surface area contributed by atoms with Crippen LogP contribution in [-0.2, 0) is 5.41 Å². The second kappa shape index (κ2) is 4.30. The van der Waals surface area contributed by atoms with E-state index in [4.69, 9.17) is 0 Å². The Balaban J connectivity index is 2.39. The fraction of sp³-hybridized carbons (Fsp3) is 0.357. The van der Waals surface area contributed by atoms with Crippen molar-refractivity contribution in [3.63, 3.8) is 0 Å². The molecule has 2 rings (SSSR count). The van der Waals surface area contributed by atoms with Gasteiger partial charge in [-0.3, -0.25) is 0 Å². The summed E-state index contributed by atoms with van der Waals surface area (Å²) in [5.74, 6) is 0.923. The van der Waals surface area contributed by atoms with Crippen LogP contribution in [0, 0.1) is 6.92 Å². The summed E-state index contributed by atoms with van der Waals surface area (Å²) in [7, 11) is 0. The van der Waals surface area contributed by atoms with Crippen molar-refractivity contribution < 1.29 is 0 Å². The van der Waals surface area contributed by atoms with Crippen LogP contribution in [-0.4, -0.2) is 9.97 Å². The van der Waals surface area contributed by atoms with E-state index < -0.39 is 0 Å². The van der Waals surface area contributed by atoms with Gasteiger partial charge in [-0.1, -0.05) is 45.0 Å². The predicted molar refractivity (Wildman–Crippen MR) is 75.2 cm³/mol. The van der Waals surface area contributed by atoms with E-state index in [-0.39, 0.29) is 5.41 Å². The zero-order chi connectivity index (χ0) is 12.6. The Labute approximate surface area is 111 Å². The predicted octanol–water partition coefficient (Wildman–Crippen LogP) is 4.45. The molecule has 0 radical (unpaired) electrons. The van der Waals surface area contributed by atoms with Gasteiger partial charge in [0, 0.05) is 5.56 Å². The van der Waals surface area contributed by atoms with Crippen molar-refractivity contribution in [2.24, 2.45) is 0 Å². The molecule has 0 saturated heterocycles. The third-order valence-electron chi connectivity index (χ3n) is 2.80. The first-order chi connectivity index (χ1) is 7.88. The van der Waals surface area contributed by atoms with E-state index in [0.717, 1.165) is 21.7 Å². The van der Waals surface area contributed by atoms with Crippen molar-refractivity contribution in [1.82, 2.24) is 9.97 Å². The molecule has 1 aromatic heterocycles. The molecule has 0 aliphatic carbocycles. The van der Waals surface area contributed by atoms with Gasteiger partial charge in [0.05, 0.1) is 0 Å². The number of hydrogen-bond donors (Lipinski definition) is 1. The maximum Gasteiger partial charge on any atom is 0.110 e. The molecule has 0 amide bonds. The number of aryl methyl sites for hydroxylation is 1. The monoisotopic (exact) mass is 292 g/mol. The molecule has 0 fully saturated rings. The van der Waals surface area contributed by atoms with Crippen LogP contribution >= 0.6 is 15.9 Å². The van der Waals surface area contributed by atoms with Crippen LogP contribution < -0.4 is 0 Å². The SMILES string of the molecule is Cc1nc(-c2ccc(C(C)(C)C)cc2)c(Br)[nH]1. The van der Waals surface area contributed by atoms with Crippen LogP contribution in [0.1, 0.15) is 32.2 Å². The molecule has 3 heteroatoms. The number of imidazole rings is 1. The average Bonchev–Trinajstić information content (AvgIpc) is 2.57. The van der Waals surface area contributed by atoms with Gasteiger partial charge < -0.3 is 4.98 Å². The summed E-state index contributed by atoms with van der Waals surface area (Å²) in [5, 5.41) is 0. The van der Waals surface area contributed by atoms with Crippen molar-refractivity contribution in [3.05, 3.63) is 40.3 Å². The number of halogens is 1. The van der Waals surface area contributed by atoms with E-state index in [1.807, 2.05) is 6.92 Å². The molecule has 0 aliphatic heterocycles. The minimum absolute atomic E-state index is 0.192. The highest BCUT2D eigenvalue weighted by atomic mass is 79.9. The van der Waals surface area contributed by atoms with Crippen molar-refractivity contribution >= 4 is 15.9 Å². The van der Waals surface area contributed by atoms with Crippen LogP contribution in [0.4, 0.5) is 0 Å². The lowest BCUT2D eigenvalue weighted by Gasteiger charge is -2.18. The average molecular weight is 293 g/mol. The number of rotatable bonds is 1. The van der Waals surface area contributed by atoms with E-state index >= 15 is 0 Å². The van der Waals surface area contributed by atoms with E-state index in [9.17, 15) is 0 Å². The zero-order valence-corrected chi connectivity index (χ0v) is 12.2. The van der Waals surface area contributed by atoms with Gasteiger partial charge >= 0.3 is 0 Å². The fourth-order valence-electron chi connectivity index (χ4n) is 1.78. The Morgan fingerprint density at radius 3 is 2.12 bits per heavy atom. The lowest BCUT2D eigenvalue weighted by Crippen LogP contribution is -2.10. The second-order valence-electron chi connectivity index (χ2n) is 5.31. The number of hydrogen-bond acceptors (Lipinski definition) is 1. The summed E-state index contributed by atoms with van der Waals surface area (Å²) in [6.07, 6.45) is 0. The molecule has 0 aliphatic rings. The number of aromatic nitrogens is 2. The first-order valence-corrected chi connectivity index (χ1v) is 6.50. The van der Waals surface area contributed by atoms with Crippen LogP contribution in [0.5, 0.6) is 0 Å². The molecule has 2 aromatic rings.